The van der Waals surface area contributed by atoms with Gasteiger partial charge < -0.3 is 5.73 Å². The molecule has 0 spiro atoms. The number of nitrogens with zero attached hydrogens (tertiary/aromatic N) is 2. The smallest absolute Gasteiger partial charge is 0.149 e. The van der Waals surface area contributed by atoms with Crippen LogP contribution < -0.4 is 5.73 Å². The molecule has 2 rings (SSSR count). The summed E-state index contributed by atoms with van der Waals surface area (Å²) in [6.07, 6.45) is 0. The zero-order chi connectivity index (χ0) is 12.6. The number of aromatic nitrogens is 2. The Bertz CT molecular complexity index is 579. The second-order valence-corrected chi connectivity index (χ2v) is 4.17. The second kappa shape index (κ2) is 4.13. The van der Waals surface area contributed by atoms with Crippen LogP contribution in [0.5, 0.6) is 0 Å². The zero-order valence-corrected chi connectivity index (χ0v) is 10.1. The van der Waals surface area contributed by atoms with Crippen LogP contribution in [0.25, 0.3) is 11.3 Å². The van der Waals surface area contributed by atoms with E-state index in [9.17, 15) is 4.39 Å². The molecule has 1 heterocycles. The fourth-order valence-electron chi connectivity index (χ4n) is 1.70. The molecule has 4 heteroatoms. The first-order valence-corrected chi connectivity index (χ1v) is 5.36. The highest BCUT2D eigenvalue weighted by atomic mass is 19.1. The van der Waals surface area contributed by atoms with Crippen molar-refractivity contribution in [3.8, 4) is 11.3 Å². The van der Waals surface area contributed by atoms with Gasteiger partial charge in [-0.3, -0.25) is 0 Å². The second-order valence-electron chi connectivity index (χ2n) is 4.17. The molecule has 0 amide bonds. The van der Waals surface area contributed by atoms with Gasteiger partial charge in [0.1, 0.15) is 11.6 Å². The third kappa shape index (κ3) is 1.98. The quantitative estimate of drug-likeness (QED) is 0.821. The summed E-state index contributed by atoms with van der Waals surface area (Å²) < 4.78 is 13.8. The van der Waals surface area contributed by atoms with Crippen molar-refractivity contribution in [1.29, 1.82) is 0 Å². The minimum Gasteiger partial charge on any atom is -0.382 e. The summed E-state index contributed by atoms with van der Waals surface area (Å²) in [4.78, 5) is 0. The van der Waals surface area contributed by atoms with Crippen molar-refractivity contribution in [2.75, 3.05) is 5.73 Å². The lowest BCUT2D eigenvalue weighted by Gasteiger charge is -2.10. The van der Waals surface area contributed by atoms with Crippen molar-refractivity contribution >= 4 is 5.82 Å². The van der Waals surface area contributed by atoms with Gasteiger partial charge in [0, 0.05) is 5.56 Å². The van der Waals surface area contributed by atoms with Crippen LogP contribution in [0.2, 0.25) is 0 Å². The molecule has 0 bridgehead atoms. The van der Waals surface area contributed by atoms with Crippen molar-refractivity contribution in [3.05, 3.63) is 40.7 Å². The number of aryl methyl sites for hydroxylation is 1. The van der Waals surface area contributed by atoms with Gasteiger partial charge in [-0.25, -0.2) is 4.39 Å². The van der Waals surface area contributed by atoms with Gasteiger partial charge in [-0.15, -0.1) is 10.2 Å². The van der Waals surface area contributed by atoms with E-state index >= 15 is 0 Å². The Balaban J connectivity index is 2.69. The van der Waals surface area contributed by atoms with Gasteiger partial charge in [-0.2, -0.15) is 0 Å². The van der Waals surface area contributed by atoms with E-state index in [0.717, 1.165) is 16.7 Å². The highest BCUT2D eigenvalue weighted by Crippen LogP contribution is 2.27. The number of hydrogen-bond acceptors (Lipinski definition) is 3. The number of halogens is 1. The van der Waals surface area contributed by atoms with Crippen LogP contribution in [-0.4, -0.2) is 10.2 Å². The van der Waals surface area contributed by atoms with Gasteiger partial charge in [-0.1, -0.05) is 11.6 Å². The molecule has 0 radical (unpaired) electrons. The molecule has 0 saturated heterocycles. The van der Waals surface area contributed by atoms with Crippen molar-refractivity contribution < 1.29 is 4.39 Å². The Labute approximate surface area is 99.5 Å². The SMILES string of the molecule is Cc1ccc(F)c(-c2nnc(N)c(C)c2C)c1. The number of rotatable bonds is 1. The maximum absolute atomic E-state index is 13.8. The molecule has 0 unspecified atom stereocenters. The summed E-state index contributed by atoms with van der Waals surface area (Å²) in [6.45, 7) is 5.64. The van der Waals surface area contributed by atoms with Gasteiger partial charge in [0.15, 0.2) is 0 Å². The van der Waals surface area contributed by atoms with E-state index in [4.69, 9.17) is 5.73 Å². The summed E-state index contributed by atoms with van der Waals surface area (Å²) >= 11 is 0. The molecule has 0 atom stereocenters. The van der Waals surface area contributed by atoms with E-state index in [1.165, 1.54) is 6.07 Å². The fraction of sp³-hybridized carbons (Fsp3) is 0.231. The summed E-state index contributed by atoms with van der Waals surface area (Å²) in [6, 6.07) is 4.94. The number of benzene rings is 1. The van der Waals surface area contributed by atoms with Gasteiger partial charge in [0.2, 0.25) is 0 Å². The first-order chi connectivity index (χ1) is 8.00. The van der Waals surface area contributed by atoms with E-state index in [1.807, 2.05) is 20.8 Å². The molecule has 88 valence electrons. The Kier molecular flexibility index (Phi) is 2.79. The zero-order valence-electron chi connectivity index (χ0n) is 10.1. The number of nitrogens with two attached hydrogens (primary N) is 1. The summed E-state index contributed by atoms with van der Waals surface area (Å²) in [5, 5.41) is 7.84. The van der Waals surface area contributed by atoms with E-state index in [-0.39, 0.29) is 5.82 Å². The minimum absolute atomic E-state index is 0.294. The van der Waals surface area contributed by atoms with Crippen molar-refractivity contribution in [2.24, 2.45) is 0 Å². The highest BCUT2D eigenvalue weighted by molar-refractivity contribution is 5.67. The van der Waals surface area contributed by atoms with Crippen molar-refractivity contribution in [2.45, 2.75) is 20.8 Å². The Morgan fingerprint density at radius 2 is 1.76 bits per heavy atom. The molecule has 2 aromatic rings. The topological polar surface area (TPSA) is 51.8 Å². The van der Waals surface area contributed by atoms with Crippen LogP contribution in [0.4, 0.5) is 10.2 Å². The van der Waals surface area contributed by atoms with Crippen molar-refractivity contribution in [3.63, 3.8) is 0 Å². The molecule has 0 aliphatic rings. The summed E-state index contributed by atoms with van der Waals surface area (Å²) in [5.41, 5.74) is 9.38. The molecular weight excluding hydrogens is 217 g/mol. The lowest BCUT2D eigenvalue weighted by atomic mass is 10.0. The molecule has 1 aromatic carbocycles. The van der Waals surface area contributed by atoms with Gasteiger partial charge in [0.25, 0.3) is 0 Å². The highest BCUT2D eigenvalue weighted by Gasteiger charge is 2.13. The van der Waals surface area contributed by atoms with Crippen molar-refractivity contribution in [1.82, 2.24) is 10.2 Å². The predicted octanol–water partition coefficient (Wildman–Crippen LogP) is 2.79. The first-order valence-electron chi connectivity index (χ1n) is 5.36. The van der Waals surface area contributed by atoms with Crippen LogP contribution in [0.3, 0.4) is 0 Å². The minimum atomic E-state index is -0.294. The average Bonchev–Trinajstić information content (AvgIpc) is 2.30. The largest absolute Gasteiger partial charge is 0.382 e. The number of nitrogen functional groups attached to an aromatic ring is 1. The lowest BCUT2D eigenvalue weighted by Crippen LogP contribution is -2.03. The molecule has 0 aliphatic carbocycles. The molecule has 0 fully saturated rings. The van der Waals surface area contributed by atoms with E-state index < -0.39 is 0 Å². The molecule has 2 N–H and O–H groups in total. The third-order valence-corrected chi connectivity index (χ3v) is 2.94. The Morgan fingerprint density at radius 3 is 2.47 bits per heavy atom. The third-order valence-electron chi connectivity index (χ3n) is 2.94. The van der Waals surface area contributed by atoms with Crippen LogP contribution in [0.1, 0.15) is 16.7 Å². The van der Waals surface area contributed by atoms with E-state index in [0.29, 0.717) is 17.1 Å². The van der Waals surface area contributed by atoms with Crippen LogP contribution in [0.15, 0.2) is 18.2 Å². The van der Waals surface area contributed by atoms with E-state index in [1.54, 1.807) is 12.1 Å². The lowest BCUT2D eigenvalue weighted by molar-refractivity contribution is 0.629. The summed E-state index contributed by atoms with van der Waals surface area (Å²) in [7, 11) is 0. The Morgan fingerprint density at radius 1 is 1.06 bits per heavy atom. The average molecular weight is 231 g/mol. The fourth-order valence-corrected chi connectivity index (χ4v) is 1.70. The van der Waals surface area contributed by atoms with Gasteiger partial charge >= 0.3 is 0 Å². The van der Waals surface area contributed by atoms with Gasteiger partial charge in [-0.05, 0) is 44.0 Å². The Hall–Kier alpha value is -1.97. The number of anilines is 1. The van der Waals surface area contributed by atoms with Crippen LogP contribution in [0, 0.1) is 26.6 Å². The molecule has 0 aliphatic heterocycles. The van der Waals surface area contributed by atoms with E-state index in [2.05, 4.69) is 10.2 Å². The van der Waals surface area contributed by atoms with Crippen LogP contribution in [-0.2, 0) is 0 Å². The van der Waals surface area contributed by atoms with Gasteiger partial charge in [0.05, 0.1) is 5.69 Å². The molecule has 1 aromatic heterocycles. The number of hydrogen-bond donors (Lipinski definition) is 1. The normalized spacial score (nSPS) is 10.6. The molecule has 3 nitrogen and oxygen atoms in total. The standard InChI is InChI=1S/C13H14FN3/c1-7-4-5-11(14)10(6-7)12-8(2)9(3)13(15)17-16-12/h4-6H,1-3H3,(H2,15,17). The first kappa shape index (κ1) is 11.5. The molecule has 0 saturated carbocycles. The van der Waals surface area contributed by atoms with Crippen LogP contribution >= 0.6 is 0 Å². The predicted molar refractivity (Wildman–Crippen MR) is 66.0 cm³/mol. The maximum Gasteiger partial charge on any atom is 0.149 e. The summed E-state index contributed by atoms with van der Waals surface area (Å²) in [5.74, 6) is 0.0940. The molecular formula is C13H14FN3. The maximum atomic E-state index is 13.8. The monoisotopic (exact) mass is 231 g/mol. The molecule has 17 heavy (non-hydrogen) atoms.